The van der Waals surface area contributed by atoms with Crippen LogP contribution in [0.4, 0.5) is 11.6 Å². The number of anilines is 2. The van der Waals surface area contributed by atoms with Crippen molar-refractivity contribution in [3.05, 3.63) is 50.9 Å². The molecule has 4 aromatic rings. The summed E-state index contributed by atoms with van der Waals surface area (Å²) in [6, 6.07) is 7.49. The van der Waals surface area contributed by atoms with Crippen molar-refractivity contribution in [2.24, 2.45) is 7.05 Å². The van der Waals surface area contributed by atoms with Crippen molar-refractivity contribution in [3.8, 4) is 28.8 Å². The number of aromatic nitrogens is 5. The molecule has 13 heteroatoms. The van der Waals surface area contributed by atoms with Gasteiger partial charge in [-0.3, -0.25) is 9.36 Å². The summed E-state index contributed by atoms with van der Waals surface area (Å²) in [6.07, 6.45) is 1.51. The van der Waals surface area contributed by atoms with Crippen LogP contribution in [0.5, 0.6) is 17.5 Å². The predicted octanol–water partition coefficient (Wildman–Crippen LogP) is 4.57. The van der Waals surface area contributed by atoms with Gasteiger partial charge in [0, 0.05) is 19.3 Å². The van der Waals surface area contributed by atoms with Crippen LogP contribution in [0.15, 0.2) is 35.3 Å². The van der Waals surface area contributed by atoms with Gasteiger partial charge in [0.1, 0.15) is 33.6 Å². The first-order chi connectivity index (χ1) is 18.8. The first kappa shape index (κ1) is 28.3. The molecule has 0 bridgehead atoms. The molecular formula is C26H29Cl2N7O4. The smallest absolute Gasteiger partial charge is 0.278 e. The maximum Gasteiger partial charge on any atom is 0.278 e. The van der Waals surface area contributed by atoms with E-state index in [4.69, 9.17) is 37.4 Å². The lowest BCUT2D eigenvalue weighted by Crippen LogP contribution is -2.27. The molecule has 1 aromatic carbocycles. The lowest BCUT2D eigenvalue weighted by molar-refractivity contribution is 0.223. The van der Waals surface area contributed by atoms with E-state index in [1.807, 2.05) is 24.3 Å². The highest BCUT2D eigenvalue weighted by atomic mass is 35.5. The fourth-order valence-electron chi connectivity index (χ4n) is 3.91. The van der Waals surface area contributed by atoms with Crippen LogP contribution in [-0.2, 0) is 7.05 Å². The number of nitrogens with one attached hydrogen (secondary N) is 1. The van der Waals surface area contributed by atoms with E-state index in [9.17, 15) is 4.79 Å². The molecular weight excluding hydrogens is 545 g/mol. The molecule has 0 saturated heterocycles. The largest absolute Gasteiger partial charge is 0.492 e. The van der Waals surface area contributed by atoms with Gasteiger partial charge in [0.05, 0.1) is 26.0 Å². The Labute approximate surface area is 235 Å². The number of aryl methyl sites for hydroxylation is 1. The summed E-state index contributed by atoms with van der Waals surface area (Å²) < 4.78 is 17.6. The van der Waals surface area contributed by atoms with Gasteiger partial charge in [-0.2, -0.15) is 9.97 Å². The van der Waals surface area contributed by atoms with E-state index in [-0.39, 0.29) is 33.1 Å². The maximum absolute atomic E-state index is 13.3. The fourth-order valence-corrected chi connectivity index (χ4v) is 4.57. The van der Waals surface area contributed by atoms with Crippen LogP contribution in [0.2, 0.25) is 10.0 Å². The number of methoxy groups -OCH3 is 2. The SMILES string of the molecule is CCN(CC)CCOc1ccc(Nc2ncc3nc(-c4c(Cl)c(OC)nc(OC)c4Cl)c(=O)n(C)c3n2)cc1. The monoisotopic (exact) mass is 573 g/mol. The van der Waals surface area contributed by atoms with E-state index in [1.54, 1.807) is 7.05 Å². The van der Waals surface area contributed by atoms with Crippen LogP contribution >= 0.6 is 23.2 Å². The number of halogens is 2. The van der Waals surface area contributed by atoms with Crippen LogP contribution in [0, 0.1) is 0 Å². The van der Waals surface area contributed by atoms with Crippen LogP contribution in [0.3, 0.4) is 0 Å². The van der Waals surface area contributed by atoms with Crippen molar-refractivity contribution in [2.45, 2.75) is 13.8 Å². The second-order valence-corrected chi connectivity index (χ2v) is 9.14. The molecule has 39 heavy (non-hydrogen) atoms. The second-order valence-electron chi connectivity index (χ2n) is 8.39. The van der Waals surface area contributed by atoms with Crippen molar-refractivity contribution in [1.82, 2.24) is 29.4 Å². The van der Waals surface area contributed by atoms with E-state index in [2.05, 4.69) is 44.0 Å². The molecule has 0 amide bonds. The van der Waals surface area contributed by atoms with Crippen LogP contribution < -0.4 is 25.1 Å². The summed E-state index contributed by atoms with van der Waals surface area (Å²) in [5, 5.41) is 3.21. The van der Waals surface area contributed by atoms with Crippen molar-refractivity contribution in [1.29, 1.82) is 0 Å². The lowest BCUT2D eigenvalue weighted by atomic mass is 10.2. The van der Waals surface area contributed by atoms with Gasteiger partial charge in [0.15, 0.2) is 5.65 Å². The van der Waals surface area contributed by atoms with Gasteiger partial charge in [-0.05, 0) is 37.4 Å². The molecule has 0 atom stereocenters. The summed E-state index contributed by atoms with van der Waals surface area (Å²) in [4.78, 5) is 33.1. The van der Waals surface area contributed by atoms with E-state index >= 15 is 0 Å². The minimum atomic E-state index is -0.475. The van der Waals surface area contributed by atoms with Crippen LogP contribution in [0.1, 0.15) is 13.8 Å². The summed E-state index contributed by atoms with van der Waals surface area (Å²) in [7, 11) is 4.37. The Hall–Kier alpha value is -3.67. The summed E-state index contributed by atoms with van der Waals surface area (Å²) in [6.45, 7) is 7.73. The van der Waals surface area contributed by atoms with Gasteiger partial charge >= 0.3 is 0 Å². The summed E-state index contributed by atoms with van der Waals surface area (Å²) in [5.41, 5.74) is 1.09. The molecule has 0 aliphatic carbocycles. The Kier molecular flexibility index (Phi) is 9.05. The van der Waals surface area contributed by atoms with E-state index < -0.39 is 5.56 Å². The van der Waals surface area contributed by atoms with E-state index in [1.165, 1.54) is 25.0 Å². The Bertz CT molecular complexity index is 1500. The zero-order valence-corrected chi connectivity index (χ0v) is 23.8. The molecule has 11 nitrogen and oxygen atoms in total. The molecule has 0 unspecified atom stereocenters. The van der Waals surface area contributed by atoms with Gasteiger partial charge in [-0.25, -0.2) is 9.97 Å². The number of rotatable bonds is 11. The fraction of sp³-hybridized carbons (Fsp3) is 0.346. The zero-order valence-electron chi connectivity index (χ0n) is 22.3. The Morgan fingerprint density at radius 1 is 0.974 bits per heavy atom. The minimum absolute atomic E-state index is 0.0140. The number of benzene rings is 1. The summed E-state index contributed by atoms with van der Waals surface area (Å²) in [5.74, 6) is 1.17. The predicted molar refractivity (Wildman–Crippen MR) is 152 cm³/mol. The number of ether oxygens (including phenoxy) is 3. The number of hydrogen-bond acceptors (Lipinski definition) is 10. The van der Waals surface area contributed by atoms with Gasteiger partial charge in [0.25, 0.3) is 5.56 Å². The Balaban J connectivity index is 1.60. The van der Waals surface area contributed by atoms with Crippen molar-refractivity contribution in [2.75, 3.05) is 45.8 Å². The number of fused-ring (bicyclic) bond motifs is 1. The number of nitrogens with zero attached hydrogens (tertiary/aromatic N) is 6. The molecule has 0 saturated carbocycles. The van der Waals surface area contributed by atoms with Crippen molar-refractivity contribution in [3.63, 3.8) is 0 Å². The molecule has 0 fully saturated rings. The molecule has 3 aromatic heterocycles. The highest BCUT2D eigenvalue weighted by molar-refractivity contribution is 6.40. The average molecular weight is 574 g/mol. The molecule has 4 rings (SSSR count). The molecule has 0 aliphatic rings. The van der Waals surface area contributed by atoms with Crippen LogP contribution in [-0.4, -0.2) is 69.9 Å². The van der Waals surface area contributed by atoms with Gasteiger partial charge in [-0.1, -0.05) is 37.0 Å². The zero-order chi connectivity index (χ0) is 28.1. The minimum Gasteiger partial charge on any atom is -0.492 e. The molecule has 0 spiro atoms. The first-order valence-corrected chi connectivity index (χ1v) is 13.0. The first-order valence-electron chi connectivity index (χ1n) is 12.2. The molecule has 1 N–H and O–H groups in total. The van der Waals surface area contributed by atoms with Crippen LogP contribution in [0.25, 0.3) is 22.4 Å². The van der Waals surface area contributed by atoms with Crippen molar-refractivity contribution >= 4 is 46.0 Å². The molecule has 3 heterocycles. The summed E-state index contributed by atoms with van der Waals surface area (Å²) >= 11 is 12.9. The molecule has 0 radical (unpaired) electrons. The highest BCUT2D eigenvalue weighted by Gasteiger charge is 2.25. The second kappa shape index (κ2) is 12.5. The quantitative estimate of drug-likeness (QED) is 0.273. The standard InChI is InChI=1S/C26H29Cl2N7O4/c1-6-35(7-2)12-13-39-16-10-8-15(9-11-16)30-26-29-14-17-22(32-26)34(3)25(36)21(31-17)18-19(27)23(37-4)33-24(38-5)20(18)28/h8-11,14H,6-7,12-13H2,1-5H3,(H,29,30,32). The normalized spacial score (nSPS) is 11.2. The third-order valence-electron chi connectivity index (χ3n) is 6.13. The maximum atomic E-state index is 13.3. The van der Waals surface area contributed by atoms with E-state index in [0.29, 0.717) is 23.7 Å². The number of likely N-dealkylation sites (N-methyl/N-ethyl adjacent to an activating group) is 1. The van der Waals surface area contributed by atoms with E-state index in [0.717, 1.165) is 31.1 Å². The van der Waals surface area contributed by atoms with Crippen molar-refractivity contribution < 1.29 is 14.2 Å². The average Bonchev–Trinajstić information content (AvgIpc) is 2.95. The Morgan fingerprint density at radius 2 is 1.62 bits per heavy atom. The molecule has 206 valence electrons. The molecule has 0 aliphatic heterocycles. The third kappa shape index (κ3) is 6.00. The number of pyridine rings is 1. The van der Waals surface area contributed by atoms with Gasteiger partial charge in [0.2, 0.25) is 17.7 Å². The lowest BCUT2D eigenvalue weighted by Gasteiger charge is -2.18. The van der Waals surface area contributed by atoms with Gasteiger partial charge < -0.3 is 24.4 Å². The topological polar surface area (TPSA) is 117 Å². The van der Waals surface area contributed by atoms with Gasteiger partial charge in [-0.15, -0.1) is 0 Å². The highest BCUT2D eigenvalue weighted by Crippen LogP contribution is 2.42. The number of hydrogen-bond donors (Lipinski definition) is 1. The Morgan fingerprint density at radius 3 is 2.21 bits per heavy atom. The third-order valence-corrected chi connectivity index (χ3v) is 6.83.